The number of amides is 2. The number of aromatic nitrogens is 3. The van der Waals surface area contributed by atoms with Gasteiger partial charge in [-0.15, -0.1) is 5.10 Å². The number of rotatable bonds is 3. The Hall–Kier alpha value is -3.22. The van der Waals surface area contributed by atoms with Gasteiger partial charge in [0.2, 0.25) is 11.9 Å². The van der Waals surface area contributed by atoms with E-state index in [0.717, 1.165) is 11.1 Å². The summed E-state index contributed by atoms with van der Waals surface area (Å²) in [4.78, 5) is 27.0. The van der Waals surface area contributed by atoms with Gasteiger partial charge in [-0.1, -0.05) is 12.1 Å². The third-order valence-corrected chi connectivity index (χ3v) is 3.30. The lowest BCUT2D eigenvalue weighted by atomic mass is 10.0. The number of hydrogen-bond acceptors (Lipinski definition) is 4. The molecular weight excluding hydrogens is 294 g/mol. The first-order valence-electron chi connectivity index (χ1n) is 7.03. The normalized spacial score (nSPS) is 10.5. The fourth-order valence-electron chi connectivity index (χ4n) is 2.25. The third-order valence-electron chi connectivity index (χ3n) is 3.30. The highest BCUT2D eigenvalue weighted by Gasteiger charge is 2.08. The van der Waals surface area contributed by atoms with Crippen molar-refractivity contribution in [3.63, 3.8) is 0 Å². The van der Waals surface area contributed by atoms with Gasteiger partial charge in [-0.05, 0) is 29.8 Å². The van der Waals surface area contributed by atoms with Gasteiger partial charge in [0.1, 0.15) is 0 Å². The molecule has 0 spiro atoms. The lowest BCUT2D eigenvalue weighted by molar-refractivity contribution is -0.114. The van der Waals surface area contributed by atoms with Crippen molar-refractivity contribution in [1.82, 2.24) is 19.9 Å². The minimum absolute atomic E-state index is 0.137. The average Bonchev–Trinajstić information content (AvgIpc) is 2.94. The van der Waals surface area contributed by atoms with E-state index in [1.165, 1.54) is 6.92 Å². The predicted molar refractivity (Wildman–Crippen MR) is 86.1 cm³/mol. The number of nitrogens with one attached hydrogen (secondary N) is 2. The van der Waals surface area contributed by atoms with Gasteiger partial charge in [-0.25, -0.2) is 4.52 Å². The highest BCUT2D eigenvalue weighted by Crippen LogP contribution is 2.21. The molecule has 0 saturated heterocycles. The second-order valence-corrected chi connectivity index (χ2v) is 5.00. The molecule has 3 aromatic rings. The van der Waals surface area contributed by atoms with Crippen LogP contribution < -0.4 is 10.6 Å². The molecule has 2 heterocycles. The monoisotopic (exact) mass is 309 g/mol. The summed E-state index contributed by atoms with van der Waals surface area (Å²) in [7, 11) is 1.60. The van der Waals surface area contributed by atoms with Crippen molar-refractivity contribution in [2.24, 2.45) is 0 Å². The Balaban J connectivity index is 2.00. The van der Waals surface area contributed by atoms with Crippen LogP contribution in [0.2, 0.25) is 0 Å². The first-order valence-corrected chi connectivity index (χ1v) is 7.03. The maximum absolute atomic E-state index is 11.7. The molecular formula is C16H15N5O2. The Morgan fingerprint density at radius 3 is 2.70 bits per heavy atom. The van der Waals surface area contributed by atoms with Crippen molar-refractivity contribution in [3.05, 3.63) is 48.2 Å². The molecule has 116 valence electrons. The van der Waals surface area contributed by atoms with Crippen LogP contribution in [0.3, 0.4) is 0 Å². The summed E-state index contributed by atoms with van der Waals surface area (Å²) in [6, 6.07) is 11.0. The molecule has 0 aliphatic heterocycles. The van der Waals surface area contributed by atoms with Gasteiger partial charge < -0.3 is 5.32 Å². The molecule has 0 saturated carbocycles. The number of pyridine rings is 1. The van der Waals surface area contributed by atoms with Gasteiger partial charge in [-0.3, -0.25) is 14.9 Å². The third kappa shape index (κ3) is 3.03. The van der Waals surface area contributed by atoms with Crippen LogP contribution in [0.25, 0.3) is 16.8 Å². The molecule has 0 unspecified atom stereocenters. The number of benzene rings is 1. The Labute approximate surface area is 132 Å². The van der Waals surface area contributed by atoms with E-state index >= 15 is 0 Å². The fraction of sp³-hybridized carbons (Fsp3) is 0.125. The van der Waals surface area contributed by atoms with E-state index in [2.05, 4.69) is 20.7 Å². The molecule has 0 aliphatic carbocycles. The smallest absolute Gasteiger partial charge is 0.251 e. The molecule has 23 heavy (non-hydrogen) atoms. The summed E-state index contributed by atoms with van der Waals surface area (Å²) in [6.45, 7) is 1.40. The molecule has 2 aromatic heterocycles. The highest BCUT2D eigenvalue weighted by atomic mass is 16.2. The lowest BCUT2D eigenvalue weighted by Crippen LogP contribution is -2.17. The first-order chi connectivity index (χ1) is 11.1. The van der Waals surface area contributed by atoms with Crippen LogP contribution in [0.4, 0.5) is 5.95 Å². The average molecular weight is 309 g/mol. The Morgan fingerprint density at radius 2 is 1.96 bits per heavy atom. The Bertz CT molecular complexity index is 900. The summed E-state index contributed by atoms with van der Waals surface area (Å²) in [5.74, 6) is -0.102. The summed E-state index contributed by atoms with van der Waals surface area (Å²) < 4.78 is 1.59. The van der Waals surface area contributed by atoms with Crippen LogP contribution >= 0.6 is 0 Å². The number of carbonyl (C=O) groups is 2. The maximum atomic E-state index is 11.7. The largest absolute Gasteiger partial charge is 0.355 e. The number of fused-ring (bicyclic) bond motifs is 1. The summed E-state index contributed by atoms with van der Waals surface area (Å²) in [6.07, 6.45) is 1.80. The van der Waals surface area contributed by atoms with Crippen molar-refractivity contribution in [3.8, 4) is 11.1 Å². The van der Waals surface area contributed by atoms with Gasteiger partial charge in [0, 0.05) is 31.3 Å². The predicted octanol–water partition coefficient (Wildman–Crippen LogP) is 1.71. The van der Waals surface area contributed by atoms with Gasteiger partial charge >= 0.3 is 0 Å². The van der Waals surface area contributed by atoms with E-state index < -0.39 is 0 Å². The van der Waals surface area contributed by atoms with Crippen LogP contribution in [0.5, 0.6) is 0 Å². The number of carbonyl (C=O) groups excluding carboxylic acids is 2. The fourth-order valence-corrected chi connectivity index (χ4v) is 2.25. The molecule has 0 aliphatic rings. The van der Waals surface area contributed by atoms with Gasteiger partial charge in [0.05, 0.1) is 0 Å². The van der Waals surface area contributed by atoms with E-state index in [-0.39, 0.29) is 17.8 Å². The SMILES string of the molecule is CNC(=O)c1cccc(-c2ccc3nc(NC(C)=O)nn3c2)c1. The van der Waals surface area contributed by atoms with E-state index in [1.54, 1.807) is 29.9 Å². The van der Waals surface area contributed by atoms with Crippen molar-refractivity contribution in [2.75, 3.05) is 12.4 Å². The molecule has 3 rings (SSSR count). The highest BCUT2D eigenvalue weighted by molar-refractivity contribution is 5.95. The van der Waals surface area contributed by atoms with Crippen LogP contribution in [0.1, 0.15) is 17.3 Å². The second-order valence-electron chi connectivity index (χ2n) is 5.00. The zero-order valence-corrected chi connectivity index (χ0v) is 12.7. The molecule has 0 atom stereocenters. The molecule has 7 heteroatoms. The standard InChI is InChI=1S/C16H15N5O2/c1-10(22)18-16-19-14-7-6-13(9-21(14)20-16)11-4-3-5-12(8-11)15(23)17-2/h3-9H,1-2H3,(H,17,23)(H,18,20,22). The quantitative estimate of drug-likeness (QED) is 0.771. The molecule has 0 bridgehead atoms. The lowest BCUT2D eigenvalue weighted by Gasteiger charge is -2.05. The summed E-state index contributed by atoms with van der Waals surface area (Å²) in [5, 5.41) is 9.36. The minimum Gasteiger partial charge on any atom is -0.355 e. The van der Waals surface area contributed by atoms with Crippen molar-refractivity contribution in [1.29, 1.82) is 0 Å². The van der Waals surface area contributed by atoms with Crippen molar-refractivity contribution < 1.29 is 9.59 Å². The van der Waals surface area contributed by atoms with Crippen molar-refractivity contribution >= 4 is 23.4 Å². The number of anilines is 1. The minimum atomic E-state index is -0.223. The zero-order valence-electron chi connectivity index (χ0n) is 12.7. The topological polar surface area (TPSA) is 88.4 Å². The van der Waals surface area contributed by atoms with Crippen LogP contribution in [0.15, 0.2) is 42.6 Å². The molecule has 2 amide bonds. The molecule has 0 radical (unpaired) electrons. The molecule has 0 fully saturated rings. The molecule has 7 nitrogen and oxygen atoms in total. The van der Waals surface area contributed by atoms with E-state index in [1.807, 2.05) is 24.3 Å². The van der Waals surface area contributed by atoms with E-state index in [4.69, 9.17) is 0 Å². The van der Waals surface area contributed by atoms with Gasteiger partial charge in [0.25, 0.3) is 5.91 Å². The zero-order chi connectivity index (χ0) is 16.4. The van der Waals surface area contributed by atoms with E-state index in [0.29, 0.717) is 11.2 Å². The molecule has 1 aromatic carbocycles. The Kier molecular flexibility index (Phi) is 3.76. The number of hydrogen-bond donors (Lipinski definition) is 2. The van der Waals surface area contributed by atoms with E-state index in [9.17, 15) is 9.59 Å². The first kappa shape index (κ1) is 14.7. The summed E-state index contributed by atoms with van der Waals surface area (Å²) in [5.41, 5.74) is 3.00. The second kappa shape index (κ2) is 5.88. The van der Waals surface area contributed by atoms with Gasteiger partial charge in [0.15, 0.2) is 5.65 Å². The molecule has 2 N–H and O–H groups in total. The van der Waals surface area contributed by atoms with Crippen LogP contribution in [-0.4, -0.2) is 33.5 Å². The summed E-state index contributed by atoms with van der Waals surface area (Å²) >= 11 is 0. The van der Waals surface area contributed by atoms with Crippen molar-refractivity contribution in [2.45, 2.75) is 6.92 Å². The Morgan fingerprint density at radius 1 is 1.13 bits per heavy atom. The maximum Gasteiger partial charge on any atom is 0.251 e. The van der Waals surface area contributed by atoms with Crippen LogP contribution in [-0.2, 0) is 4.79 Å². The number of nitrogens with zero attached hydrogens (tertiary/aromatic N) is 3. The van der Waals surface area contributed by atoms with Crippen LogP contribution in [0, 0.1) is 0 Å². The van der Waals surface area contributed by atoms with Gasteiger partial charge in [-0.2, -0.15) is 4.98 Å².